The van der Waals surface area contributed by atoms with E-state index in [1.807, 2.05) is 24.3 Å². The van der Waals surface area contributed by atoms with Crippen molar-refractivity contribution in [1.82, 2.24) is 9.97 Å². The Bertz CT molecular complexity index is 793. The molecule has 2 heterocycles. The molecule has 1 saturated heterocycles. The molecular formula is C16H20N4O3S. The maximum atomic E-state index is 11.5. The predicted molar refractivity (Wildman–Crippen MR) is 93.0 cm³/mol. The van der Waals surface area contributed by atoms with Crippen LogP contribution in [-0.4, -0.2) is 43.0 Å². The summed E-state index contributed by atoms with van der Waals surface area (Å²) in [6.07, 6.45) is 2.26. The molecule has 2 N–H and O–H groups in total. The van der Waals surface area contributed by atoms with Gasteiger partial charge in [-0.1, -0.05) is 12.1 Å². The zero-order valence-corrected chi connectivity index (χ0v) is 14.2. The summed E-state index contributed by atoms with van der Waals surface area (Å²) in [5.41, 5.74) is 1.08. The van der Waals surface area contributed by atoms with Gasteiger partial charge in [0.15, 0.2) is 9.84 Å². The molecule has 7 nitrogen and oxygen atoms in total. The zero-order valence-electron chi connectivity index (χ0n) is 13.4. The van der Waals surface area contributed by atoms with Gasteiger partial charge >= 0.3 is 0 Å². The Hall–Kier alpha value is -2.35. The Labute approximate surface area is 141 Å². The second-order valence-electron chi connectivity index (χ2n) is 5.71. The molecule has 1 aromatic heterocycles. The second kappa shape index (κ2) is 7.04. The molecule has 0 saturated carbocycles. The van der Waals surface area contributed by atoms with E-state index in [-0.39, 0.29) is 17.5 Å². The summed E-state index contributed by atoms with van der Waals surface area (Å²) in [5, 5.41) is 6.32. The minimum Gasteiger partial charge on any atom is -0.497 e. The van der Waals surface area contributed by atoms with Crippen molar-refractivity contribution in [3.05, 3.63) is 42.1 Å². The van der Waals surface area contributed by atoms with Crippen LogP contribution in [-0.2, 0) is 16.4 Å². The third-order valence-corrected chi connectivity index (χ3v) is 5.62. The highest BCUT2D eigenvalue weighted by atomic mass is 32.2. The van der Waals surface area contributed by atoms with Crippen molar-refractivity contribution >= 4 is 21.6 Å². The number of ether oxygens (including phenoxy) is 1. The summed E-state index contributed by atoms with van der Waals surface area (Å²) in [5.74, 6) is 2.33. The van der Waals surface area contributed by atoms with Crippen LogP contribution in [0.15, 0.2) is 36.5 Å². The molecule has 128 valence electrons. The van der Waals surface area contributed by atoms with Crippen LogP contribution < -0.4 is 15.4 Å². The van der Waals surface area contributed by atoms with Crippen molar-refractivity contribution in [2.45, 2.75) is 19.0 Å². The summed E-state index contributed by atoms with van der Waals surface area (Å²) < 4.78 is 28.1. The number of hydrogen-bond acceptors (Lipinski definition) is 7. The number of hydrogen-bond donors (Lipinski definition) is 2. The Morgan fingerprint density at radius 3 is 2.71 bits per heavy atom. The Morgan fingerprint density at radius 2 is 2.04 bits per heavy atom. The standard InChI is InChI=1S/C16H20N4O3S/c1-23-14-4-2-12(3-5-14)10-18-16-17-8-6-15(20-16)19-13-7-9-24(21,22)11-13/h2-6,8,13H,7,9-11H2,1H3,(H2,17,18,19,20). The van der Waals surface area contributed by atoms with Crippen LogP contribution in [0.25, 0.3) is 0 Å². The number of aromatic nitrogens is 2. The minimum absolute atomic E-state index is 0.0839. The van der Waals surface area contributed by atoms with Crippen molar-refractivity contribution < 1.29 is 13.2 Å². The van der Waals surface area contributed by atoms with Crippen LogP contribution in [0.5, 0.6) is 5.75 Å². The van der Waals surface area contributed by atoms with Crippen LogP contribution in [0.4, 0.5) is 11.8 Å². The van der Waals surface area contributed by atoms with Gasteiger partial charge in [-0.25, -0.2) is 13.4 Å². The van der Waals surface area contributed by atoms with Crippen LogP contribution >= 0.6 is 0 Å². The fourth-order valence-corrected chi connectivity index (χ4v) is 4.24. The molecular weight excluding hydrogens is 328 g/mol. The molecule has 1 aliphatic rings. The summed E-state index contributed by atoms with van der Waals surface area (Å²) >= 11 is 0. The van der Waals surface area contributed by atoms with E-state index in [4.69, 9.17) is 4.74 Å². The fraction of sp³-hybridized carbons (Fsp3) is 0.375. The third-order valence-electron chi connectivity index (χ3n) is 3.85. The molecule has 1 unspecified atom stereocenters. The average molecular weight is 348 g/mol. The highest BCUT2D eigenvalue weighted by molar-refractivity contribution is 7.91. The smallest absolute Gasteiger partial charge is 0.224 e. The number of sulfone groups is 1. The molecule has 1 atom stereocenters. The molecule has 3 rings (SSSR count). The van der Waals surface area contributed by atoms with E-state index in [9.17, 15) is 8.42 Å². The van der Waals surface area contributed by atoms with E-state index in [0.29, 0.717) is 24.7 Å². The highest BCUT2D eigenvalue weighted by Crippen LogP contribution is 2.17. The molecule has 1 fully saturated rings. The maximum absolute atomic E-state index is 11.5. The van der Waals surface area contributed by atoms with Crippen LogP contribution in [0.1, 0.15) is 12.0 Å². The van der Waals surface area contributed by atoms with Gasteiger partial charge in [-0.15, -0.1) is 0 Å². The summed E-state index contributed by atoms with van der Waals surface area (Å²) in [6.45, 7) is 0.589. The molecule has 1 aromatic carbocycles. The predicted octanol–water partition coefficient (Wildman–Crippen LogP) is 1.70. The van der Waals surface area contributed by atoms with Gasteiger partial charge in [0.2, 0.25) is 5.95 Å². The molecule has 0 radical (unpaired) electrons. The molecule has 0 bridgehead atoms. The molecule has 0 aliphatic carbocycles. The van der Waals surface area contributed by atoms with Crippen molar-refractivity contribution in [2.24, 2.45) is 0 Å². The summed E-state index contributed by atoms with van der Waals surface area (Å²) in [4.78, 5) is 8.57. The van der Waals surface area contributed by atoms with E-state index in [0.717, 1.165) is 11.3 Å². The molecule has 0 spiro atoms. The topological polar surface area (TPSA) is 93.2 Å². The summed E-state index contributed by atoms with van der Waals surface area (Å²) in [6, 6.07) is 9.39. The van der Waals surface area contributed by atoms with E-state index in [2.05, 4.69) is 20.6 Å². The largest absolute Gasteiger partial charge is 0.497 e. The van der Waals surface area contributed by atoms with E-state index >= 15 is 0 Å². The number of methoxy groups -OCH3 is 1. The lowest BCUT2D eigenvalue weighted by molar-refractivity contribution is 0.414. The van der Waals surface area contributed by atoms with Crippen molar-refractivity contribution in [1.29, 1.82) is 0 Å². The Balaban J connectivity index is 1.58. The average Bonchev–Trinajstić information content (AvgIpc) is 2.92. The Kier molecular flexibility index (Phi) is 4.84. The van der Waals surface area contributed by atoms with Crippen molar-refractivity contribution in [3.63, 3.8) is 0 Å². The third kappa shape index (κ3) is 4.35. The maximum Gasteiger partial charge on any atom is 0.224 e. The first-order valence-corrected chi connectivity index (χ1v) is 9.53. The van der Waals surface area contributed by atoms with Gasteiger partial charge in [0.05, 0.1) is 18.6 Å². The summed E-state index contributed by atoms with van der Waals surface area (Å²) in [7, 11) is -1.28. The monoisotopic (exact) mass is 348 g/mol. The first kappa shape index (κ1) is 16.5. The number of nitrogens with one attached hydrogen (secondary N) is 2. The molecule has 1 aliphatic heterocycles. The quantitative estimate of drug-likeness (QED) is 0.820. The SMILES string of the molecule is COc1ccc(CNc2nccc(NC3CCS(=O)(=O)C3)n2)cc1. The van der Waals surface area contributed by atoms with Gasteiger partial charge in [0.1, 0.15) is 11.6 Å². The van der Waals surface area contributed by atoms with Gasteiger partial charge in [-0.2, -0.15) is 4.98 Å². The van der Waals surface area contributed by atoms with E-state index in [1.165, 1.54) is 0 Å². The lowest BCUT2D eigenvalue weighted by Crippen LogP contribution is -2.21. The van der Waals surface area contributed by atoms with Crippen LogP contribution in [0, 0.1) is 0 Å². The zero-order chi connectivity index (χ0) is 17.0. The normalized spacial score (nSPS) is 19.0. The van der Waals surface area contributed by atoms with Crippen LogP contribution in [0.3, 0.4) is 0 Å². The number of nitrogens with zero attached hydrogens (tertiary/aromatic N) is 2. The number of anilines is 2. The molecule has 2 aromatic rings. The molecule has 0 amide bonds. The first-order valence-electron chi connectivity index (χ1n) is 7.71. The minimum atomic E-state index is -2.91. The molecule has 8 heteroatoms. The first-order chi connectivity index (χ1) is 11.5. The van der Waals surface area contributed by atoms with E-state index < -0.39 is 9.84 Å². The van der Waals surface area contributed by atoms with Crippen LogP contribution in [0.2, 0.25) is 0 Å². The lowest BCUT2D eigenvalue weighted by Gasteiger charge is -2.12. The highest BCUT2D eigenvalue weighted by Gasteiger charge is 2.27. The van der Waals surface area contributed by atoms with Gasteiger partial charge < -0.3 is 15.4 Å². The van der Waals surface area contributed by atoms with Crippen molar-refractivity contribution in [3.8, 4) is 5.75 Å². The van der Waals surface area contributed by atoms with Gasteiger partial charge in [0, 0.05) is 18.8 Å². The second-order valence-corrected chi connectivity index (χ2v) is 7.94. The van der Waals surface area contributed by atoms with E-state index in [1.54, 1.807) is 19.4 Å². The Morgan fingerprint density at radius 1 is 1.25 bits per heavy atom. The lowest BCUT2D eigenvalue weighted by atomic mass is 10.2. The van der Waals surface area contributed by atoms with Gasteiger partial charge in [0.25, 0.3) is 0 Å². The van der Waals surface area contributed by atoms with Crippen molar-refractivity contribution in [2.75, 3.05) is 29.2 Å². The number of benzene rings is 1. The fourth-order valence-electron chi connectivity index (χ4n) is 2.57. The number of rotatable bonds is 6. The van der Waals surface area contributed by atoms with Gasteiger partial charge in [-0.3, -0.25) is 0 Å². The molecule has 24 heavy (non-hydrogen) atoms. The van der Waals surface area contributed by atoms with Gasteiger partial charge in [-0.05, 0) is 30.2 Å².